The number of carbonyl (C=O) groups is 2. The van der Waals surface area contributed by atoms with Crippen LogP contribution in [0.1, 0.15) is 52.9 Å². The number of ketones is 1. The summed E-state index contributed by atoms with van der Waals surface area (Å²) < 4.78 is 5.25. The molecule has 0 aromatic heterocycles. The summed E-state index contributed by atoms with van der Waals surface area (Å²) in [6.07, 6.45) is 5.86. The summed E-state index contributed by atoms with van der Waals surface area (Å²) in [4.78, 5) is 22.1. The number of esters is 1. The zero-order valence-corrected chi connectivity index (χ0v) is 9.84. The molecule has 3 heteroatoms. The van der Waals surface area contributed by atoms with E-state index in [0.29, 0.717) is 5.92 Å². The molecule has 0 saturated heterocycles. The van der Waals surface area contributed by atoms with Crippen molar-refractivity contribution in [2.75, 3.05) is 0 Å². The van der Waals surface area contributed by atoms with Gasteiger partial charge >= 0.3 is 5.97 Å². The maximum absolute atomic E-state index is 11.2. The molecular weight excluding hydrogens is 192 g/mol. The highest BCUT2D eigenvalue weighted by atomic mass is 16.6. The van der Waals surface area contributed by atoms with Crippen LogP contribution in [-0.4, -0.2) is 17.4 Å². The molecule has 1 rings (SSSR count). The Morgan fingerprint density at radius 3 is 2.13 bits per heavy atom. The predicted octanol–water partition coefficient (Wildman–Crippen LogP) is 2.48. The van der Waals surface area contributed by atoms with Crippen molar-refractivity contribution in [1.29, 1.82) is 0 Å². The lowest BCUT2D eigenvalue weighted by molar-refractivity contribution is -0.168. The van der Waals surface area contributed by atoms with E-state index in [4.69, 9.17) is 4.74 Å². The first-order chi connectivity index (χ1) is 6.93. The summed E-state index contributed by atoms with van der Waals surface area (Å²) in [7, 11) is 0. The van der Waals surface area contributed by atoms with Crippen LogP contribution in [-0.2, 0) is 14.3 Å². The molecular formula is C12H20O3. The summed E-state index contributed by atoms with van der Waals surface area (Å²) in [6, 6.07) is 0. The topological polar surface area (TPSA) is 43.4 Å². The van der Waals surface area contributed by atoms with Crippen LogP contribution in [0.4, 0.5) is 0 Å². The Kier molecular flexibility index (Phi) is 3.89. The first-order valence-electron chi connectivity index (χ1n) is 5.67. The molecule has 1 saturated carbocycles. The molecule has 0 amide bonds. The van der Waals surface area contributed by atoms with E-state index in [2.05, 4.69) is 0 Å². The molecule has 0 heterocycles. The number of rotatable bonds is 3. The number of hydrogen-bond acceptors (Lipinski definition) is 3. The van der Waals surface area contributed by atoms with Gasteiger partial charge in [0.1, 0.15) is 5.60 Å². The van der Waals surface area contributed by atoms with Crippen LogP contribution in [0.25, 0.3) is 0 Å². The van der Waals surface area contributed by atoms with Crippen LogP contribution >= 0.6 is 0 Å². The maximum atomic E-state index is 11.2. The van der Waals surface area contributed by atoms with Gasteiger partial charge in [0.2, 0.25) is 5.78 Å². The van der Waals surface area contributed by atoms with Gasteiger partial charge < -0.3 is 4.74 Å². The average Bonchev–Trinajstić information content (AvgIpc) is 2.18. The lowest BCUT2D eigenvalue weighted by Gasteiger charge is -2.36. The van der Waals surface area contributed by atoms with Crippen molar-refractivity contribution in [2.45, 2.75) is 58.5 Å². The van der Waals surface area contributed by atoms with E-state index in [9.17, 15) is 9.59 Å². The number of ether oxygens (including phenoxy) is 1. The first-order valence-corrected chi connectivity index (χ1v) is 5.67. The SMILES string of the molecule is CC(=O)C(=O)OC(C)(C)C1CCCCC1. The molecule has 86 valence electrons. The Balaban J connectivity index is 2.56. The predicted molar refractivity (Wildman–Crippen MR) is 57.4 cm³/mol. The molecule has 0 aromatic carbocycles. The summed E-state index contributed by atoms with van der Waals surface area (Å²) in [5.41, 5.74) is -0.497. The zero-order valence-electron chi connectivity index (χ0n) is 9.84. The Hall–Kier alpha value is -0.860. The zero-order chi connectivity index (χ0) is 11.5. The number of Topliss-reactive ketones (excluding diaryl/α,β-unsaturated/α-hetero) is 1. The van der Waals surface area contributed by atoms with Gasteiger partial charge in [0.15, 0.2) is 0 Å². The molecule has 0 aliphatic heterocycles. The molecule has 0 bridgehead atoms. The highest BCUT2D eigenvalue weighted by Crippen LogP contribution is 2.34. The van der Waals surface area contributed by atoms with E-state index < -0.39 is 17.4 Å². The molecule has 0 aromatic rings. The minimum absolute atomic E-state index is 0.398. The highest BCUT2D eigenvalue weighted by molar-refractivity contribution is 6.32. The van der Waals surface area contributed by atoms with Crippen molar-refractivity contribution in [3.63, 3.8) is 0 Å². The third kappa shape index (κ3) is 3.33. The summed E-state index contributed by atoms with van der Waals surface area (Å²) in [6.45, 7) is 5.06. The van der Waals surface area contributed by atoms with Crippen molar-refractivity contribution in [1.82, 2.24) is 0 Å². The van der Waals surface area contributed by atoms with Gasteiger partial charge in [-0.05, 0) is 32.6 Å². The van der Waals surface area contributed by atoms with E-state index in [0.717, 1.165) is 12.8 Å². The smallest absolute Gasteiger partial charge is 0.374 e. The third-order valence-corrected chi connectivity index (χ3v) is 3.23. The molecule has 0 unspecified atom stereocenters. The molecule has 1 aliphatic rings. The fraction of sp³-hybridized carbons (Fsp3) is 0.833. The fourth-order valence-electron chi connectivity index (χ4n) is 2.19. The van der Waals surface area contributed by atoms with E-state index in [1.165, 1.54) is 26.2 Å². The van der Waals surface area contributed by atoms with Crippen LogP contribution in [0.15, 0.2) is 0 Å². The molecule has 0 radical (unpaired) electrons. The monoisotopic (exact) mass is 212 g/mol. The second kappa shape index (κ2) is 4.77. The second-order valence-electron chi connectivity index (χ2n) is 4.88. The molecule has 0 atom stereocenters. The molecule has 0 spiro atoms. The Morgan fingerprint density at radius 2 is 1.67 bits per heavy atom. The normalized spacial score (nSPS) is 18.6. The Morgan fingerprint density at radius 1 is 1.13 bits per heavy atom. The van der Waals surface area contributed by atoms with E-state index in [1.807, 2.05) is 13.8 Å². The van der Waals surface area contributed by atoms with Crippen LogP contribution < -0.4 is 0 Å². The summed E-state index contributed by atoms with van der Waals surface area (Å²) >= 11 is 0. The van der Waals surface area contributed by atoms with Crippen LogP contribution in [0.2, 0.25) is 0 Å². The minimum Gasteiger partial charge on any atom is -0.454 e. The van der Waals surface area contributed by atoms with E-state index >= 15 is 0 Å². The van der Waals surface area contributed by atoms with Gasteiger partial charge in [0.05, 0.1) is 0 Å². The summed E-state index contributed by atoms with van der Waals surface area (Å²) in [5, 5.41) is 0. The number of carbonyl (C=O) groups excluding carboxylic acids is 2. The largest absolute Gasteiger partial charge is 0.454 e. The van der Waals surface area contributed by atoms with E-state index in [-0.39, 0.29) is 0 Å². The van der Waals surface area contributed by atoms with Gasteiger partial charge in [-0.15, -0.1) is 0 Å². The molecule has 1 aliphatic carbocycles. The molecule has 3 nitrogen and oxygen atoms in total. The van der Waals surface area contributed by atoms with Gasteiger partial charge in [-0.2, -0.15) is 0 Å². The van der Waals surface area contributed by atoms with Gasteiger partial charge in [-0.3, -0.25) is 4.79 Å². The molecule has 1 fully saturated rings. The van der Waals surface area contributed by atoms with Gasteiger partial charge in [0, 0.05) is 6.92 Å². The van der Waals surface area contributed by atoms with Crippen molar-refractivity contribution in [2.24, 2.45) is 5.92 Å². The minimum atomic E-state index is -0.703. The van der Waals surface area contributed by atoms with Crippen molar-refractivity contribution in [3.8, 4) is 0 Å². The summed E-state index contributed by atoms with van der Waals surface area (Å²) in [5.74, 6) is -0.820. The fourth-order valence-corrected chi connectivity index (χ4v) is 2.19. The molecule has 15 heavy (non-hydrogen) atoms. The quantitative estimate of drug-likeness (QED) is 0.533. The van der Waals surface area contributed by atoms with Crippen molar-refractivity contribution >= 4 is 11.8 Å². The Bertz CT molecular complexity index is 250. The van der Waals surface area contributed by atoms with E-state index in [1.54, 1.807) is 0 Å². The standard InChI is InChI=1S/C12H20O3/c1-9(13)11(14)15-12(2,3)10-7-5-4-6-8-10/h10H,4-8H2,1-3H3. The van der Waals surface area contributed by atoms with Crippen LogP contribution in [0.3, 0.4) is 0 Å². The van der Waals surface area contributed by atoms with Gasteiger partial charge in [-0.1, -0.05) is 19.3 Å². The van der Waals surface area contributed by atoms with Crippen LogP contribution in [0.5, 0.6) is 0 Å². The van der Waals surface area contributed by atoms with Gasteiger partial charge in [0.25, 0.3) is 0 Å². The first kappa shape index (κ1) is 12.2. The van der Waals surface area contributed by atoms with Crippen molar-refractivity contribution in [3.05, 3.63) is 0 Å². The third-order valence-electron chi connectivity index (χ3n) is 3.23. The number of hydrogen-bond donors (Lipinski definition) is 0. The second-order valence-corrected chi connectivity index (χ2v) is 4.88. The lowest BCUT2D eigenvalue weighted by atomic mass is 9.79. The van der Waals surface area contributed by atoms with Crippen LogP contribution in [0, 0.1) is 5.92 Å². The van der Waals surface area contributed by atoms with Gasteiger partial charge in [-0.25, -0.2) is 4.79 Å². The van der Waals surface area contributed by atoms with Crippen molar-refractivity contribution < 1.29 is 14.3 Å². The Labute approximate surface area is 91.2 Å². The molecule has 0 N–H and O–H groups in total. The highest BCUT2D eigenvalue weighted by Gasteiger charge is 2.34. The average molecular weight is 212 g/mol. The lowest BCUT2D eigenvalue weighted by Crippen LogP contribution is -2.39. The maximum Gasteiger partial charge on any atom is 0.374 e.